The molecule has 8 nitrogen and oxygen atoms in total. The fourth-order valence-corrected chi connectivity index (χ4v) is 2.74. The zero-order valence-corrected chi connectivity index (χ0v) is 16.6. The van der Waals surface area contributed by atoms with Gasteiger partial charge < -0.3 is 13.9 Å². The number of rotatable bonds is 8. The predicted molar refractivity (Wildman–Crippen MR) is 105 cm³/mol. The van der Waals surface area contributed by atoms with Crippen molar-refractivity contribution in [3.8, 4) is 0 Å². The standard InChI is InChI=1S/C20H26N2O6/c1-5-26-19(24)12-22(13(3)4)11-14-9-18(23)28-17-10-15(7-8-16(14)17)21-20(25)27-6-2/h7-10,13H,5-6,11-12H2,1-4H3,(H,21,25). The summed E-state index contributed by atoms with van der Waals surface area (Å²) in [5, 5.41) is 3.30. The molecule has 1 aromatic heterocycles. The Morgan fingerprint density at radius 3 is 2.50 bits per heavy atom. The van der Waals surface area contributed by atoms with Gasteiger partial charge in [0.15, 0.2) is 0 Å². The minimum atomic E-state index is -0.583. The molecule has 0 atom stereocenters. The van der Waals surface area contributed by atoms with Gasteiger partial charge in [-0.15, -0.1) is 0 Å². The van der Waals surface area contributed by atoms with Crippen LogP contribution >= 0.6 is 0 Å². The molecule has 2 rings (SSSR count). The Morgan fingerprint density at radius 2 is 1.86 bits per heavy atom. The molecule has 152 valence electrons. The summed E-state index contributed by atoms with van der Waals surface area (Å²) in [5.74, 6) is -0.315. The van der Waals surface area contributed by atoms with Gasteiger partial charge in [-0.1, -0.05) is 0 Å². The molecule has 1 aromatic carbocycles. The third-order valence-electron chi connectivity index (χ3n) is 4.09. The summed E-state index contributed by atoms with van der Waals surface area (Å²) in [7, 11) is 0. The van der Waals surface area contributed by atoms with Crippen LogP contribution in [0.5, 0.6) is 0 Å². The summed E-state index contributed by atoms with van der Waals surface area (Å²) in [6, 6.07) is 6.52. The lowest BCUT2D eigenvalue weighted by Crippen LogP contribution is -2.36. The number of benzene rings is 1. The molecular formula is C20H26N2O6. The lowest BCUT2D eigenvalue weighted by molar-refractivity contribution is -0.145. The van der Waals surface area contributed by atoms with E-state index >= 15 is 0 Å². The molecule has 0 bridgehead atoms. The third kappa shape index (κ3) is 5.82. The van der Waals surface area contributed by atoms with E-state index in [0.29, 0.717) is 24.4 Å². The summed E-state index contributed by atoms with van der Waals surface area (Å²) in [4.78, 5) is 37.4. The highest BCUT2D eigenvalue weighted by molar-refractivity contribution is 5.90. The summed E-state index contributed by atoms with van der Waals surface area (Å²) >= 11 is 0. The lowest BCUT2D eigenvalue weighted by Gasteiger charge is -2.25. The molecule has 0 fully saturated rings. The number of esters is 1. The first-order chi connectivity index (χ1) is 13.3. The molecular weight excluding hydrogens is 364 g/mol. The van der Waals surface area contributed by atoms with Gasteiger partial charge in [0.05, 0.1) is 19.8 Å². The second kappa shape index (κ2) is 9.89. The van der Waals surface area contributed by atoms with E-state index in [1.165, 1.54) is 6.07 Å². The van der Waals surface area contributed by atoms with E-state index in [0.717, 1.165) is 10.9 Å². The van der Waals surface area contributed by atoms with Crippen LogP contribution in [0.4, 0.5) is 10.5 Å². The third-order valence-corrected chi connectivity index (χ3v) is 4.09. The molecule has 0 saturated carbocycles. The van der Waals surface area contributed by atoms with E-state index in [-0.39, 0.29) is 25.2 Å². The molecule has 0 aliphatic carbocycles. The van der Waals surface area contributed by atoms with E-state index in [9.17, 15) is 14.4 Å². The van der Waals surface area contributed by atoms with Gasteiger partial charge in [0, 0.05) is 35.8 Å². The van der Waals surface area contributed by atoms with Crippen LogP contribution in [0.15, 0.2) is 33.5 Å². The quantitative estimate of drug-likeness (QED) is 0.546. The van der Waals surface area contributed by atoms with Crippen molar-refractivity contribution in [2.75, 3.05) is 25.1 Å². The van der Waals surface area contributed by atoms with Gasteiger partial charge in [-0.05, 0) is 45.4 Å². The van der Waals surface area contributed by atoms with Crippen molar-refractivity contribution in [2.45, 2.75) is 40.3 Å². The monoisotopic (exact) mass is 390 g/mol. The summed E-state index contributed by atoms with van der Waals surface area (Å²) in [6.07, 6.45) is -0.583. The number of nitrogens with zero attached hydrogens (tertiary/aromatic N) is 1. The van der Waals surface area contributed by atoms with Gasteiger partial charge >= 0.3 is 17.7 Å². The summed E-state index contributed by atoms with van der Waals surface area (Å²) in [5.41, 5.74) is 1.03. The topological polar surface area (TPSA) is 98.1 Å². The minimum Gasteiger partial charge on any atom is -0.465 e. The molecule has 0 spiro atoms. The highest BCUT2D eigenvalue weighted by Crippen LogP contribution is 2.23. The van der Waals surface area contributed by atoms with Crippen LogP contribution in [0.25, 0.3) is 11.0 Å². The molecule has 8 heteroatoms. The average molecular weight is 390 g/mol. The Hall–Kier alpha value is -2.87. The number of carbonyl (C=O) groups excluding carboxylic acids is 2. The molecule has 0 aliphatic heterocycles. The van der Waals surface area contributed by atoms with Crippen LogP contribution in [0.1, 0.15) is 33.3 Å². The molecule has 0 radical (unpaired) electrons. The zero-order valence-electron chi connectivity index (χ0n) is 16.6. The van der Waals surface area contributed by atoms with Crippen molar-refractivity contribution in [1.82, 2.24) is 4.90 Å². The molecule has 1 amide bonds. The first-order valence-electron chi connectivity index (χ1n) is 9.24. The van der Waals surface area contributed by atoms with E-state index in [1.54, 1.807) is 32.0 Å². The Labute approximate surface area is 163 Å². The average Bonchev–Trinajstić information content (AvgIpc) is 2.61. The van der Waals surface area contributed by atoms with Crippen LogP contribution in [-0.4, -0.2) is 42.8 Å². The number of nitrogens with one attached hydrogen (secondary N) is 1. The van der Waals surface area contributed by atoms with Gasteiger partial charge in [-0.3, -0.25) is 15.0 Å². The van der Waals surface area contributed by atoms with Gasteiger partial charge in [-0.2, -0.15) is 0 Å². The van der Waals surface area contributed by atoms with E-state index in [4.69, 9.17) is 13.9 Å². The molecule has 2 aromatic rings. The Kier molecular flexibility index (Phi) is 7.57. The number of amides is 1. The number of carbonyl (C=O) groups is 2. The predicted octanol–water partition coefficient (Wildman–Crippen LogP) is 3.13. The zero-order chi connectivity index (χ0) is 20.7. The van der Waals surface area contributed by atoms with Crippen molar-refractivity contribution in [3.05, 3.63) is 40.2 Å². The Morgan fingerprint density at radius 1 is 1.14 bits per heavy atom. The second-order valence-corrected chi connectivity index (χ2v) is 6.45. The molecule has 0 aliphatic rings. The SMILES string of the molecule is CCOC(=O)CN(Cc1cc(=O)oc2cc(NC(=O)OCC)ccc12)C(C)C. The lowest BCUT2D eigenvalue weighted by atomic mass is 10.1. The van der Waals surface area contributed by atoms with Gasteiger partial charge in [0.2, 0.25) is 0 Å². The molecule has 0 unspecified atom stereocenters. The maximum absolute atomic E-state index is 12.0. The normalized spacial score (nSPS) is 11.1. The fraction of sp³-hybridized carbons (Fsp3) is 0.450. The van der Waals surface area contributed by atoms with E-state index < -0.39 is 11.7 Å². The van der Waals surface area contributed by atoms with Gasteiger partial charge in [-0.25, -0.2) is 9.59 Å². The van der Waals surface area contributed by atoms with Crippen LogP contribution in [0, 0.1) is 0 Å². The maximum Gasteiger partial charge on any atom is 0.411 e. The molecule has 28 heavy (non-hydrogen) atoms. The summed E-state index contributed by atoms with van der Waals surface area (Å²) < 4.78 is 15.2. The van der Waals surface area contributed by atoms with Crippen molar-refractivity contribution in [2.24, 2.45) is 0 Å². The highest BCUT2D eigenvalue weighted by atomic mass is 16.5. The van der Waals surface area contributed by atoms with Gasteiger partial charge in [0.25, 0.3) is 0 Å². The van der Waals surface area contributed by atoms with Crippen LogP contribution < -0.4 is 10.9 Å². The Bertz CT molecular complexity index is 890. The molecule has 0 saturated heterocycles. The number of fused-ring (bicyclic) bond motifs is 1. The number of hydrogen-bond donors (Lipinski definition) is 1. The van der Waals surface area contributed by atoms with Crippen molar-refractivity contribution >= 4 is 28.7 Å². The molecule has 1 heterocycles. The van der Waals surface area contributed by atoms with Crippen molar-refractivity contribution in [1.29, 1.82) is 0 Å². The summed E-state index contributed by atoms with van der Waals surface area (Å²) in [6.45, 7) is 8.47. The van der Waals surface area contributed by atoms with Crippen LogP contribution in [-0.2, 0) is 20.8 Å². The number of ether oxygens (including phenoxy) is 2. The minimum absolute atomic E-state index is 0.0662. The maximum atomic E-state index is 12.0. The van der Waals surface area contributed by atoms with Crippen LogP contribution in [0.2, 0.25) is 0 Å². The van der Waals surface area contributed by atoms with Gasteiger partial charge in [0.1, 0.15) is 5.58 Å². The Balaban J connectivity index is 2.31. The first-order valence-corrected chi connectivity index (χ1v) is 9.24. The largest absolute Gasteiger partial charge is 0.465 e. The van der Waals surface area contributed by atoms with Crippen molar-refractivity contribution in [3.63, 3.8) is 0 Å². The number of anilines is 1. The second-order valence-electron chi connectivity index (χ2n) is 6.45. The van der Waals surface area contributed by atoms with Crippen molar-refractivity contribution < 1.29 is 23.5 Å². The van der Waals surface area contributed by atoms with E-state index in [1.807, 2.05) is 18.7 Å². The molecule has 1 N–H and O–H groups in total. The first kappa shape index (κ1) is 21.4. The fourth-order valence-electron chi connectivity index (χ4n) is 2.74. The van der Waals surface area contributed by atoms with Crippen LogP contribution in [0.3, 0.4) is 0 Å². The van der Waals surface area contributed by atoms with E-state index in [2.05, 4.69) is 5.32 Å². The number of hydrogen-bond acceptors (Lipinski definition) is 7. The smallest absolute Gasteiger partial charge is 0.411 e. The highest BCUT2D eigenvalue weighted by Gasteiger charge is 2.18.